The average molecular weight is 392 g/mol. The van der Waals surface area contributed by atoms with Gasteiger partial charge in [0.15, 0.2) is 16.4 Å². The average Bonchev–Trinajstić information content (AvgIpc) is 2.65. The molecular weight excluding hydrogens is 371 g/mol. The molecule has 0 saturated carbocycles. The molecule has 0 bridgehead atoms. The van der Waals surface area contributed by atoms with Crippen molar-refractivity contribution in [3.63, 3.8) is 0 Å². The van der Waals surface area contributed by atoms with Crippen LogP contribution in [0.25, 0.3) is 0 Å². The molecule has 0 fully saturated rings. The van der Waals surface area contributed by atoms with Gasteiger partial charge in [0.05, 0.1) is 4.90 Å². The Morgan fingerprint density at radius 3 is 2.59 bits per heavy atom. The Labute approximate surface area is 157 Å². The summed E-state index contributed by atoms with van der Waals surface area (Å²) in [6.07, 6.45) is 2.04. The maximum absolute atomic E-state index is 13.1. The van der Waals surface area contributed by atoms with Gasteiger partial charge in [-0.3, -0.25) is 4.79 Å². The Balaban J connectivity index is 1.94. The topological polar surface area (TPSA) is 112 Å². The van der Waals surface area contributed by atoms with E-state index in [9.17, 15) is 17.6 Å². The molecule has 0 radical (unpaired) electrons. The van der Waals surface area contributed by atoms with Crippen LogP contribution in [0.15, 0.2) is 47.4 Å². The van der Waals surface area contributed by atoms with E-state index in [1.807, 2.05) is 6.07 Å². The summed E-state index contributed by atoms with van der Waals surface area (Å²) in [6.45, 7) is -0.249. The van der Waals surface area contributed by atoms with Crippen molar-refractivity contribution < 1.29 is 22.3 Å². The Morgan fingerprint density at radius 2 is 1.93 bits per heavy atom. The molecule has 0 spiro atoms. The van der Waals surface area contributed by atoms with Gasteiger partial charge in [0, 0.05) is 5.92 Å². The minimum absolute atomic E-state index is 0.00958. The number of benzene rings is 2. The first kappa shape index (κ1) is 19.3. The lowest BCUT2D eigenvalue weighted by Crippen LogP contribution is -2.38. The predicted molar refractivity (Wildman–Crippen MR) is 98.4 cm³/mol. The van der Waals surface area contributed by atoms with E-state index in [0.29, 0.717) is 18.6 Å². The Morgan fingerprint density at radius 1 is 1.22 bits per heavy atom. The van der Waals surface area contributed by atoms with E-state index >= 15 is 0 Å². The van der Waals surface area contributed by atoms with Gasteiger partial charge in [-0.15, -0.1) is 0 Å². The van der Waals surface area contributed by atoms with E-state index < -0.39 is 32.9 Å². The lowest BCUT2D eigenvalue weighted by atomic mass is 9.82. The second-order valence-corrected chi connectivity index (χ2v) is 8.65. The van der Waals surface area contributed by atoms with E-state index in [2.05, 4.69) is 0 Å². The summed E-state index contributed by atoms with van der Waals surface area (Å²) in [5, 5.41) is -1.17. The second kappa shape index (κ2) is 7.66. The molecule has 1 amide bonds. The van der Waals surface area contributed by atoms with Crippen LogP contribution in [0.2, 0.25) is 0 Å². The Hall–Kier alpha value is -2.45. The van der Waals surface area contributed by atoms with Crippen molar-refractivity contribution in [2.24, 2.45) is 11.5 Å². The largest absolute Gasteiger partial charge is 0.483 e. The number of carbonyl (C=O) groups excluding carboxylic acids is 1. The number of carbonyl (C=O) groups is 1. The zero-order chi connectivity index (χ0) is 19.6. The van der Waals surface area contributed by atoms with Crippen molar-refractivity contribution >= 4 is 15.7 Å². The number of primary amides is 1. The summed E-state index contributed by atoms with van der Waals surface area (Å²) in [5.41, 5.74) is 13.0. The first-order valence-corrected chi connectivity index (χ1v) is 10.1. The normalized spacial score (nSPS) is 17.8. The third kappa shape index (κ3) is 3.96. The van der Waals surface area contributed by atoms with Gasteiger partial charge < -0.3 is 16.2 Å². The first-order valence-electron chi connectivity index (χ1n) is 8.58. The van der Waals surface area contributed by atoms with E-state index in [1.165, 1.54) is 12.1 Å². The van der Waals surface area contributed by atoms with Crippen LogP contribution in [0.5, 0.6) is 5.75 Å². The minimum Gasteiger partial charge on any atom is -0.483 e. The molecule has 2 unspecified atom stereocenters. The van der Waals surface area contributed by atoms with E-state index in [0.717, 1.165) is 29.7 Å². The SMILES string of the molecule is NC(=O)COc1cccc2c1CCCC2C(N)S(=O)(=O)c1ccc(F)cc1. The van der Waals surface area contributed by atoms with E-state index in [1.54, 1.807) is 12.1 Å². The molecule has 1 aliphatic rings. The predicted octanol–water partition coefficient (Wildman–Crippen LogP) is 1.87. The highest BCUT2D eigenvalue weighted by molar-refractivity contribution is 7.92. The molecule has 4 N–H and O–H groups in total. The molecular formula is C19H21FN2O4S. The number of amides is 1. The molecule has 0 heterocycles. The highest BCUT2D eigenvalue weighted by Crippen LogP contribution is 2.40. The molecule has 8 heteroatoms. The number of sulfone groups is 1. The summed E-state index contributed by atoms with van der Waals surface area (Å²) in [7, 11) is -3.84. The highest BCUT2D eigenvalue weighted by Gasteiger charge is 2.36. The van der Waals surface area contributed by atoms with Crippen molar-refractivity contribution in [3.8, 4) is 5.75 Å². The van der Waals surface area contributed by atoms with Crippen LogP contribution in [-0.2, 0) is 21.1 Å². The minimum atomic E-state index is -3.84. The number of nitrogens with two attached hydrogens (primary N) is 2. The molecule has 3 rings (SSSR count). The summed E-state index contributed by atoms with van der Waals surface area (Å²) in [6, 6.07) is 9.95. The van der Waals surface area contributed by atoms with Crippen LogP contribution >= 0.6 is 0 Å². The maximum Gasteiger partial charge on any atom is 0.255 e. The van der Waals surface area contributed by atoms with E-state index in [-0.39, 0.29) is 11.5 Å². The van der Waals surface area contributed by atoms with Crippen LogP contribution in [0.1, 0.15) is 29.9 Å². The van der Waals surface area contributed by atoms with Gasteiger partial charge in [-0.05, 0) is 60.7 Å². The number of ether oxygens (including phenoxy) is 1. The summed E-state index contributed by atoms with van der Waals surface area (Å²) >= 11 is 0. The number of hydrogen-bond donors (Lipinski definition) is 2. The fourth-order valence-corrected chi connectivity index (χ4v) is 5.02. The third-order valence-electron chi connectivity index (χ3n) is 4.78. The molecule has 6 nitrogen and oxygen atoms in total. The van der Waals surface area contributed by atoms with Crippen LogP contribution < -0.4 is 16.2 Å². The lowest BCUT2D eigenvalue weighted by molar-refractivity contribution is -0.119. The molecule has 2 atom stereocenters. The smallest absolute Gasteiger partial charge is 0.255 e. The van der Waals surface area contributed by atoms with Gasteiger partial charge in [-0.2, -0.15) is 0 Å². The molecule has 0 aromatic heterocycles. The zero-order valence-corrected chi connectivity index (χ0v) is 15.4. The Kier molecular flexibility index (Phi) is 5.48. The van der Waals surface area contributed by atoms with Crippen molar-refractivity contribution in [3.05, 3.63) is 59.4 Å². The van der Waals surface area contributed by atoms with Crippen LogP contribution in [0, 0.1) is 5.82 Å². The molecule has 1 aliphatic carbocycles. The second-order valence-electron chi connectivity index (χ2n) is 6.54. The third-order valence-corrected chi connectivity index (χ3v) is 6.75. The van der Waals surface area contributed by atoms with E-state index in [4.69, 9.17) is 16.2 Å². The number of hydrogen-bond acceptors (Lipinski definition) is 5. The summed E-state index contributed by atoms with van der Waals surface area (Å²) < 4.78 is 44.4. The fraction of sp³-hybridized carbons (Fsp3) is 0.316. The summed E-state index contributed by atoms with van der Waals surface area (Å²) in [4.78, 5) is 11.0. The van der Waals surface area contributed by atoms with Gasteiger partial charge in [0.25, 0.3) is 5.91 Å². The van der Waals surface area contributed by atoms with Crippen molar-refractivity contribution in [2.45, 2.75) is 35.4 Å². The summed E-state index contributed by atoms with van der Waals surface area (Å²) in [5.74, 6) is -1.01. The maximum atomic E-state index is 13.1. The molecule has 0 saturated heterocycles. The molecule has 144 valence electrons. The number of rotatable bonds is 6. The van der Waals surface area contributed by atoms with Gasteiger partial charge in [-0.25, -0.2) is 12.8 Å². The fourth-order valence-electron chi connectivity index (χ4n) is 3.47. The lowest BCUT2D eigenvalue weighted by Gasteiger charge is -2.31. The van der Waals surface area contributed by atoms with Gasteiger partial charge >= 0.3 is 0 Å². The van der Waals surface area contributed by atoms with Gasteiger partial charge in [0.1, 0.15) is 16.9 Å². The van der Waals surface area contributed by atoms with Gasteiger partial charge in [-0.1, -0.05) is 12.1 Å². The molecule has 0 aliphatic heterocycles. The van der Waals surface area contributed by atoms with Gasteiger partial charge in [0.2, 0.25) is 0 Å². The number of halogens is 1. The molecule has 2 aromatic rings. The monoisotopic (exact) mass is 392 g/mol. The Bertz CT molecular complexity index is 945. The number of fused-ring (bicyclic) bond motifs is 1. The zero-order valence-electron chi connectivity index (χ0n) is 14.6. The van der Waals surface area contributed by atoms with Crippen LogP contribution in [0.4, 0.5) is 4.39 Å². The molecule has 2 aromatic carbocycles. The highest BCUT2D eigenvalue weighted by atomic mass is 32.2. The van der Waals surface area contributed by atoms with Crippen molar-refractivity contribution in [1.29, 1.82) is 0 Å². The van der Waals surface area contributed by atoms with Crippen molar-refractivity contribution in [2.75, 3.05) is 6.61 Å². The molecule has 27 heavy (non-hydrogen) atoms. The standard InChI is InChI=1S/C19H21FN2O4S/c20-12-7-9-13(10-8-12)27(24,25)19(22)16-5-1-4-15-14(16)3-2-6-17(15)26-11-18(21)23/h2-3,6-10,16,19H,1,4-5,11,22H2,(H2,21,23). The first-order chi connectivity index (χ1) is 12.8. The van der Waals surface area contributed by atoms with Crippen molar-refractivity contribution in [1.82, 2.24) is 0 Å². The van der Waals surface area contributed by atoms with Crippen LogP contribution in [-0.4, -0.2) is 26.3 Å². The quantitative estimate of drug-likeness (QED) is 0.729. The van der Waals surface area contributed by atoms with Crippen LogP contribution in [0.3, 0.4) is 0 Å².